The van der Waals surface area contributed by atoms with Gasteiger partial charge >= 0.3 is 0 Å². The molecule has 1 heterocycles. The zero-order chi connectivity index (χ0) is 13.5. The summed E-state index contributed by atoms with van der Waals surface area (Å²) in [6.45, 7) is 3.05. The van der Waals surface area contributed by atoms with Crippen LogP contribution in [0.15, 0.2) is 30.3 Å². The van der Waals surface area contributed by atoms with Gasteiger partial charge in [0.05, 0.1) is 25.4 Å². The number of rotatable bonds is 6. The van der Waals surface area contributed by atoms with Crippen molar-refractivity contribution in [3.63, 3.8) is 0 Å². The number of β-amino-alcohol motifs (C(OH)–C–C–N with tert-alkyl or cyclic N) is 2. The van der Waals surface area contributed by atoms with E-state index >= 15 is 0 Å². The van der Waals surface area contributed by atoms with Crippen LogP contribution in [-0.2, 0) is 11.3 Å². The van der Waals surface area contributed by atoms with E-state index in [1.165, 1.54) is 0 Å². The van der Waals surface area contributed by atoms with E-state index in [0.717, 1.165) is 24.9 Å². The van der Waals surface area contributed by atoms with Gasteiger partial charge in [0.1, 0.15) is 0 Å². The molecule has 1 aliphatic rings. The SMILES string of the molecule is OC1CCCN(CC(O)COCc2ccccc2)C1. The standard InChI is InChI=1S/C15H23NO3/c17-14-7-4-8-16(9-14)10-15(18)12-19-11-13-5-2-1-3-6-13/h1-3,5-6,14-15,17-18H,4,7-12H2. The molecular formula is C15H23NO3. The van der Waals surface area contributed by atoms with Crippen molar-refractivity contribution in [2.24, 2.45) is 0 Å². The van der Waals surface area contributed by atoms with E-state index in [-0.39, 0.29) is 6.10 Å². The summed E-state index contributed by atoms with van der Waals surface area (Å²) >= 11 is 0. The molecule has 4 heteroatoms. The van der Waals surface area contributed by atoms with Gasteiger partial charge in [-0.15, -0.1) is 0 Å². The molecule has 2 N–H and O–H groups in total. The fraction of sp³-hybridized carbons (Fsp3) is 0.600. The number of nitrogens with zero attached hydrogens (tertiary/aromatic N) is 1. The van der Waals surface area contributed by atoms with Gasteiger partial charge in [-0.1, -0.05) is 30.3 Å². The number of piperidine rings is 1. The normalized spacial score (nSPS) is 22.3. The van der Waals surface area contributed by atoms with Crippen LogP contribution in [0.25, 0.3) is 0 Å². The Balaban J connectivity index is 1.63. The van der Waals surface area contributed by atoms with E-state index in [0.29, 0.717) is 26.3 Å². The largest absolute Gasteiger partial charge is 0.392 e. The molecule has 19 heavy (non-hydrogen) atoms. The lowest BCUT2D eigenvalue weighted by molar-refractivity contribution is -0.00734. The van der Waals surface area contributed by atoms with E-state index in [2.05, 4.69) is 4.90 Å². The molecule has 0 aliphatic carbocycles. The first-order chi connectivity index (χ1) is 9.24. The number of ether oxygens (including phenoxy) is 1. The Labute approximate surface area is 114 Å². The van der Waals surface area contributed by atoms with Crippen molar-refractivity contribution in [3.8, 4) is 0 Å². The minimum Gasteiger partial charge on any atom is -0.392 e. The minimum atomic E-state index is -0.492. The van der Waals surface area contributed by atoms with Crippen LogP contribution in [0.5, 0.6) is 0 Å². The maximum atomic E-state index is 9.92. The van der Waals surface area contributed by atoms with Crippen molar-refractivity contribution in [1.29, 1.82) is 0 Å². The molecule has 2 atom stereocenters. The van der Waals surface area contributed by atoms with E-state index in [1.807, 2.05) is 30.3 Å². The number of aliphatic hydroxyl groups excluding tert-OH is 2. The summed E-state index contributed by atoms with van der Waals surface area (Å²) in [5.74, 6) is 0. The molecule has 0 bridgehead atoms. The van der Waals surface area contributed by atoms with E-state index in [4.69, 9.17) is 4.74 Å². The van der Waals surface area contributed by atoms with Gasteiger partial charge < -0.3 is 14.9 Å². The van der Waals surface area contributed by atoms with Crippen LogP contribution < -0.4 is 0 Å². The summed E-state index contributed by atoms with van der Waals surface area (Å²) in [5.41, 5.74) is 1.11. The van der Waals surface area contributed by atoms with E-state index < -0.39 is 6.10 Å². The number of benzene rings is 1. The number of hydrogen-bond acceptors (Lipinski definition) is 4. The summed E-state index contributed by atoms with van der Waals surface area (Å²) in [4.78, 5) is 2.10. The molecule has 1 fully saturated rings. The number of likely N-dealkylation sites (tertiary alicyclic amines) is 1. The molecule has 106 valence electrons. The first-order valence-electron chi connectivity index (χ1n) is 6.94. The van der Waals surface area contributed by atoms with Crippen molar-refractivity contribution in [3.05, 3.63) is 35.9 Å². The second-order valence-corrected chi connectivity index (χ2v) is 5.21. The topological polar surface area (TPSA) is 52.9 Å². The predicted octanol–water partition coefficient (Wildman–Crippen LogP) is 1.02. The highest BCUT2D eigenvalue weighted by atomic mass is 16.5. The molecule has 2 rings (SSSR count). The van der Waals surface area contributed by atoms with Crippen molar-refractivity contribution >= 4 is 0 Å². The van der Waals surface area contributed by atoms with Gasteiger partial charge in [-0.05, 0) is 24.9 Å². The first kappa shape index (κ1) is 14.5. The smallest absolute Gasteiger partial charge is 0.0900 e. The van der Waals surface area contributed by atoms with Crippen LogP contribution in [0.1, 0.15) is 18.4 Å². The lowest BCUT2D eigenvalue weighted by Crippen LogP contribution is -2.43. The van der Waals surface area contributed by atoms with Crippen molar-refractivity contribution in [2.75, 3.05) is 26.2 Å². The first-order valence-corrected chi connectivity index (χ1v) is 6.94. The van der Waals surface area contributed by atoms with Gasteiger partial charge in [0, 0.05) is 13.1 Å². The lowest BCUT2D eigenvalue weighted by Gasteiger charge is -2.31. The third-order valence-corrected chi connectivity index (χ3v) is 3.37. The van der Waals surface area contributed by atoms with Gasteiger partial charge in [0.2, 0.25) is 0 Å². The molecular weight excluding hydrogens is 242 g/mol. The predicted molar refractivity (Wildman–Crippen MR) is 73.8 cm³/mol. The Morgan fingerprint density at radius 3 is 2.84 bits per heavy atom. The quantitative estimate of drug-likeness (QED) is 0.806. The highest BCUT2D eigenvalue weighted by molar-refractivity contribution is 5.13. The molecule has 0 amide bonds. The summed E-state index contributed by atoms with van der Waals surface area (Å²) in [6, 6.07) is 9.94. The molecule has 1 aromatic rings. The monoisotopic (exact) mass is 265 g/mol. The van der Waals surface area contributed by atoms with Crippen molar-refractivity contribution < 1.29 is 14.9 Å². The fourth-order valence-electron chi connectivity index (χ4n) is 2.43. The van der Waals surface area contributed by atoms with Gasteiger partial charge in [-0.3, -0.25) is 4.90 Å². The zero-order valence-corrected chi connectivity index (χ0v) is 11.2. The maximum Gasteiger partial charge on any atom is 0.0900 e. The van der Waals surface area contributed by atoms with Crippen LogP contribution in [0.4, 0.5) is 0 Å². The van der Waals surface area contributed by atoms with E-state index in [1.54, 1.807) is 0 Å². The third kappa shape index (κ3) is 5.28. The molecule has 1 aromatic carbocycles. The summed E-state index contributed by atoms with van der Waals surface area (Å²) in [5, 5.41) is 19.5. The Kier molecular flexibility index (Phi) is 5.79. The third-order valence-electron chi connectivity index (χ3n) is 3.37. The average molecular weight is 265 g/mol. The maximum absolute atomic E-state index is 9.92. The van der Waals surface area contributed by atoms with Gasteiger partial charge in [0.25, 0.3) is 0 Å². The molecule has 1 saturated heterocycles. The number of aliphatic hydroxyl groups is 2. The second kappa shape index (κ2) is 7.60. The highest BCUT2D eigenvalue weighted by Crippen LogP contribution is 2.10. The molecule has 0 radical (unpaired) electrons. The summed E-state index contributed by atoms with van der Waals surface area (Å²) < 4.78 is 5.51. The summed E-state index contributed by atoms with van der Waals surface area (Å²) in [7, 11) is 0. The molecule has 0 saturated carbocycles. The number of hydrogen-bond donors (Lipinski definition) is 2. The Bertz CT molecular complexity index is 358. The Morgan fingerprint density at radius 1 is 1.32 bits per heavy atom. The van der Waals surface area contributed by atoms with Gasteiger partial charge in [0.15, 0.2) is 0 Å². The Hall–Kier alpha value is -0.940. The van der Waals surface area contributed by atoms with E-state index in [9.17, 15) is 10.2 Å². The fourth-order valence-corrected chi connectivity index (χ4v) is 2.43. The highest BCUT2D eigenvalue weighted by Gasteiger charge is 2.19. The van der Waals surface area contributed by atoms with Gasteiger partial charge in [-0.2, -0.15) is 0 Å². The van der Waals surface area contributed by atoms with Gasteiger partial charge in [-0.25, -0.2) is 0 Å². The molecule has 0 spiro atoms. The van der Waals surface area contributed by atoms with Crippen LogP contribution >= 0.6 is 0 Å². The van der Waals surface area contributed by atoms with Crippen LogP contribution in [0.3, 0.4) is 0 Å². The zero-order valence-electron chi connectivity index (χ0n) is 11.2. The average Bonchev–Trinajstić information content (AvgIpc) is 2.40. The molecule has 0 aromatic heterocycles. The van der Waals surface area contributed by atoms with Crippen LogP contribution in [0, 0.1) is 0 Å². The van der Waals surface area contributed by atoms with Crippen molar-refractivity contribution in [2.45, 2.75) is 31.7 Å². The molecule has 4 nitrogen and oxygen atoms in total. The lowest BCUT2D eigenvalue weighted by atomic mass is 10.1. The van der Waals surface area contributed by atoms with Crippen LogP contribution in [0.2, 0.25) is 0 Å². The van der Waals surface area contributed by atoms with Crippen molar-refractivity contribution in [1.82, 2.24) is 4.90 Å². The molecule has 1 aliphatic heterocycles. The second-order valence-electron chi connectivity index (χ2n) is 5.21. The molecule has 2 unspecified atom stereocenters. The Morgan fingerprint density at radius 2 is 2.11 bits per heavy atom. The van der Waals surface area contributed by atoms with Crippen LogP contribution in [-0.4, -0.2) is 53.6 Å². The summed E-state index contributed by atoms with van der Waals surface area (Å²) in [6.07, 6.45) is 1.13. The minimum absolute atomic E-state index is 0.244.